The maximum absolute atomic E-state index is 12.4. The van der Waals surface area contributed by atoms with Crippen LogP contribution in [0.1, 0.15) is 18.6 Å². The monoisotopic (exact) mass is 248 g/mol. The number of methoxy groups -OCH3 is 1. The second-order valence-corrected chi connectivity index (χ2v) is 4.67. The number of rotatable bonds is 3. The molecule has 1 heterocycles. The van der Waals surface area contributed by atoms with Crippen molar-refractivity contribution >= 4 is 5.91 Å². The van der Waals surface area contributed by atoms with Crippen molar-refractivity contribution < 1.29 is 9.53 Å². The van der Waals surface area contributed by atoms with Crippen molar-refractivity contribution in [3.8, 4) is 0 Å². The Morgan fingerprint density at radius 3 is 2.78 bits per heavy atom. The van der Waals surface area contributed by atoms with Gasteiger partial charge in [-0.05, 0) is 12.5 Å². The summed E-state index contributed by atoms with van der Waals surface area (Å²) in [5, 5.41) is 3.33. The Kier molecular flexibility index (Phi) is 4.33. The minimum absolute atomic E-state index is 0.0528. The Balaban J connectivity index is 2.10. The van der Waals surface area contributed by atoms with E-state index in [1.807, 2.05) is 35.2 Å². The molecule has 2 unspecified atom stereocenters. The first-order valence-corrected chi connectivity index (χ1v) is 6.32. The van der Waals surface area contributed by atoms with Gasteiger partial charge in [-0.2, -0.15) is 0 Å². The minimum atomic E-state index is -0.489. The Hall–Kier alpha value is -1.39. The van der Waals surface area contributed by atoms with Crippen LogP contribution in [-0.4, -0.2) is 43.6 Å². The Morgan fingerprint density at radius 2 is 2.17 bits per heavy atom. The van der Waals surface area contributed by atoms with Gasteiger partial charge in [-0.15, -0.1) is 0 Å². The van der Waals surface area contributed by atoms with Crippen LogP contribution in [-0.2, 0) is 9.53 Å². The van der Waals surface area contributed by atoms with E-state index in [0.29, 0.717) is 6.04 Å². The number of carbonyl (C=O) groups excluding carboxylic acids is 1. The van der Waals surface area contributed by atoms with E-state index in [2.05, 4.69) is 12.2 Å². The first-order chi connectivity index (χ1) is 8.72. The van der Waals surface area contributed by atoms with Gasteiger partial charge in [0.05, 0.1) is 0 Å². The van der Waals surface area contributed by atoms with Crippen molar-refractivity contribution in [1.82, 2.24) is 10.2 Å². The van der Waals surface area contributed by atoms with Gasteiger partial charge in [0.15, 0.2) is 6.10 Å². The van der Waals surface area contributed by atoms with E-state index in [1.54, 1.807) is 7.11 Å². The first-order valence-electron chi connectivity index (χ1n) is 6.32. The molecule has 1 fully saturated rings. The molecule has 4 heteroatoms. The lowest BCUT2D eigenvalue weighted by atomic mass is 10.1. The van der Waals surface area contributed by atoms with Crippen LogP contribution in [0.4, 0.5) is 0 Å². The third-order valence-corrected chi connectivity index (χ3v) is 3.24. The molecule has 1 aromatic rings. The summed E-state index contributed by atoms with van der Waals surface area (Å²) in [4.78, 5) is 14.3. The van der Waals surface area contributed by atoms with Crippen molar-refractivity contribution in [3.63, 3.8) is 0 Å². The topological polar surface area (TPSA) is 41.6 Å². The highest BCUT2D eigenvalue weighted by atomic mass is 16.5. The quantitative estimate of drug-likeness (QED) is 0.873. The number of hydrogen-bond acceptors (Lipinski definition) is 3. The second-order valence-electron chi connectivity index (χ2n) is 4.67. The molecule has 0 aliphatic carbocycles. The van der Waals surface area contributed by atoms with Gasteiger partial charge in [-0.25, -0.2) is 0 Å². The van der Waals surface area contributed by atoms with Crippen molar-refractivity contribution in [1.29, 1.82) is 0 Å². The van der Waals surface area contributed by atoms with Gasteiger partial charge in [-0.3, -0.25) is 4.79 Å². The molecule has 2 rings (SSSR count). The number of ether oxygens (including phenoxy) is 1. The normalized spacial score (nSPS) is 21.7. The maximum atomic E-state index is 12.4. The third-order valence-electron chi connectivity index (χ3n) is 3.24. The molecule has 0 aromatic heterocycles. The molecule has 98 valence electrons. The Labute approximate surface area is 108 Å². The van der Waals surface area contributed by atoms with E-state index < -0.39 is 6.10 Å². The molecule has 0 bridgehead atoms. The molecule has 0 spiro atoms. The van der Waals surface area contributed by atoms with E-state index in [1.165, 1.54) is 0 Å². The van der Waals surface area contributed by atoms with Crippen LogP contribution < -0.4 is 5.32 Å². The van der Waals surface area contributed by atoms with Crippen LogP contribution in [0.25, 0.3) is 0 Å². The molecule has 0 radical (unpaired) electrons. The second kappa shape index (κ2) is 5.98. The first kappa shape index (κ1) is 13.1. The van der Waals surface area contributed by atoms with E-state index in [4.69, 9.17) is 4.74 Å². The van der Waals surface area contributed by atoms with Crippen LogP contribution in [0.5, 0.6) is 0 Å². The fourth-order valence-corrected chi connectivity index (χ4v) is 2.31. The molecule has 18 heavy (non-hydrogen) atoms. The summed E-state index contributed by atoms with van der Waals surface area (Å²) in [5.41, 5.74) is 0.913. The fraction of sp³-hybridized carbons (Fsp3) is 0.500. The smallest absolute Gasteiger partial charge is 0.256 e. The number of nitrogens with one attached hydrogen (secondary N) is 1. The number of carbonyl (C=O) groups is 1. The number of benzene rings is 1. The summed E-state index contributed by atoms with van der Waals surface area (Å²) in [5.74, 6) is 0.0528. The summed E-state index contributed by atoms with van der Waals surface area (Å²) in [6, 6.07) is 9.99. The standard InChI is InChI=1S/C14H20N2O2/c1-11-10-16(9-8-15-11)14(17)13(18-2)12-6-4-3-5-7-12/h3-7,11,13,15H,8-10H2,1-2H3. The molecule has 1 aromatic carbocycles. The zero-order chi connectivity index (χ0) is 13.0. The van der Waals surface area contributed by atoms with Gasteiger partial charge in [0.1, 0.15) is 0 Å². The zero-order valence-electron chi connectivity index (χ0n) is 10.9. The lowest BCUT2D eigenvalue weighted by Gasteiger charge is -2.34. The minimum Gasteiger partial charge on any atom is -0.367 e. The van der Waals surface area contributed by atoms with Crippen LogP contribution in [0.15, 0.2) is 30.3 Å². The number of amides is 1. The van der Waals surface area contributed by atoms with E-state index in [0.717, 1.165) is 25.2 Å². The average Bonchev–Trinajstić information content (AvgIpc) is 2.41. The van der Waals surface area contributed by atoms with Crippen LogP contribution in [0, 0.1) is 0 Å². The Bertz CT molecular complexity index is 394. The molecule has 1 N–H and O–H groups in total. The summed E-state index contributed by atoms with van der Waals surface area (Å²) in [6.07, 6.45) is -0.489. The predicted molar refractivity (Wildman–Crippen MR) is 70.2 cm³/mol. The lowest BCUT2D eigenvalue weighted by Crippen LogP contribution is -2.52. The summed E-state index contributed by atoms with van der Waals surface area (Å²) in [7, 11) is 1.58. The molecule has 2 atom stereocenters. The van der Waals surface area contributed by atoms with Gasteiger partial charge >= 0.3 is 0 Å². The zero-order valence-corrected chi connectivity index (χ0v) is 10.9. The Morgan fingerprint density at radius 1 is 1.44 bits per heavy atom. The lowest BCUT2D eigenvalue weighted by molar-refractivity contribution is -0.143. The average molecular weight is 248 g/mol. The van der Waals surface area contributed by atoms with Gasteiger partial charge in [-0.1, -0.05) is 30.3 Å². The van der Waals surface area contributed by atoms with E-state index >= 15 is 0 Å². The molecular formula is C14H20N2O2. The van der Waals surface area contributed by atoms with E-state index in [-0.39, 0.29) is 5.91 Å². The molecule has 1 aliphatic rings. The van der Waals surface area contributed by atoms with Crippen molar-refractivity contribution in [2.75, 3.05) is 26.7 Å². The summed E-state index contributed by atoms with van der Waals surface area (Å²) in [6.45, 7) is 4.42. The predicted octanol–water partition coefficient (Wildman–Crippen LogP) is 1.19. The molecule has 1 amide bonds. The van der Waals surface area contributed by atoms with Crippen LogP contribution in [0.3, 0.4) is 0 Å². The SMILES string of the molecule is COC(C(=O)N1CCNC(C)C1)c1ccccc1. The van der Waals surface area contributed by atoms with Crippen LogP contribution in [0.2, 0.25) is 0 Å². The van der Waals surface area contributed by atoms with Crippen LogP contribution >= 0.6 is 0 Å². The van der Waals surface area contributed by atoms with Gasteiger partial charge in [0, 0.05) is 32.8 Å². The number of nitrogens with zero attached hydrogens (tertiary/aromatic N) is 1. The maximum Gasteiger partial charge on any atom is 0.256 e. The molecule has 1 aliphatic heterocycles. The van der Waals surface area contributed by atoms with E-state index in [9.17, 15) is 4.79 Å². The highest BCUT2D eigenvalue weighted by Crippen LogP contribution is 2.19. The summed E-state index contributed by atoms with van der Waals surface area (Å²) >= 11 is 0. The molecule has 1 saturated heterocycles. The molecular weight excluding hydrogens is 228 g/mol. The van der Waals surface area contributed by atoms with Crippen molar-refractivity contribution in [2.45, 2.75) is 19.1 Å². The molecule has 4 nitrogen and oxygen atoms in total. The van der Waals surface area contributed by atoms with Gasteiger partial charge in [0.25, 0.3) is 5.91 Å². The molecule has 0 saturated carbocycles. The third kappa shape index (κ3) is 2.89. The highest BCUT2D eigenvalue weighted by Gasteiger charge is 2.28. The van der Waals surface area contributed by atoms with Crippen molar-refractivity contribution in [2.24, 2.45) is 0 Å². The fourth-order valence-electron chi connectivity index (χ4n) is 2.31. The van der Waals surface area contributed by atoms with Gasteiger partial charge < -0.3 is 15.0 Å². The summed E-state index contributed by atoms with van der Waals surface area (Å²) < 4.78 is 5.38. The number of hydrogen-bond donors (Lipinski definition) is 1. The van der Waals surface area contributed by atoms with Gasteiger partial charge in [0.2, 0.25) is 0 Å². The largest absolute Gasteiger partial charge is 0.367 e. The van der Waals surface area contributed by atoms with Crippen molar-refractivity contribution in [3.05, 3.63) is 35.9 Å². The highest BCUT2D eigenvalue weighted by molar-refractivity contribution is 5.82. The number of piperazine rings is 1.